The van der Waals surface area contributed by atoms with Crippen molar-refractivity contribution in [2.75, 3.05) is 55.2 Å². The van der Waals surface area contributed by atoms with Crippen LogP contribution in [0.25, 0.3) is 0 Å². The molecule has 0 bridgehead atoms. The molecule has 0 atom stereocenters. The van der Waals surface area contributed by atoms with Gasteiger partial charge in [0, 0.05) is 16.0 Å². The predicted molar refractivity (Wildman–Crippen MR) is 119 cm³/mol. The molecule has 156 valence electrons. The summed E-state index contributed by atoms with van der Waals surface area (Å²) in [6.07, 6.45) is 0.439. The number of rotatable bonds is 13. The van der Waals surface area contributed by atoms with E-state index in [1.54, 1.807) is 13.8 Å². The van der Waals surface area contributed by atoms with Gasteiger partial charge in [-0.2, -0.15) is 0 Å². The maximum Gasteiger partial charge on any atom is 0.332 e. The first-order valence-electron chi connectivity index (χ1n) is 8.19. The molecule has 0 aromatic rings. The summed E-state index contributed by atoms with van der Waals surface area (Å²) in [6, 6.07) is 0. The average molecular weight is 599 g/mol. The summed E-state index contributed by atoms with van der Waals surface area (Å²) in [5.41, 5.74) is 0. The second-order valence-corrected chi connectivity index (χ2v) is 9.50. The summed E-state index contributed by atoms with van der Waals surface area (Å²) in [5.74, 6) is 0. The van der Waals surface area contributed by atoms with Crippen molar-refractivity contribution in [3.05, 3.63) is 0 Å². The van der Waals surface area contributed by atoms with Crippen LogP contribution in [0.15, 0.2) is 0 Å². The predicted octanol–water partition coefficient (Wildman–Crippen LogP) is 6.75. The fourth-order valence-corrected chi connectivity index (χ4v) is 4.58. The van der Waals surface area contributed by atoms with Crippen molar-refractivity contribution >= 4 is 64.0 Å². The topological polar surface area (TPSA) is 63.2 Å². The molecule has 0 amide bonds. The van der Waals surface area contributed by atoms with Gasteiger partial charge in [0.1, 0.15) is 0 Å². The van der Waals surface area contributed by atoms with Crippen molar-refractivity contribution in [3.63, 3.8) is 0 Å². The Bertz CT molecular complexity index is 251. The average Bonchev–Trinajstić information content (AvgIpc) is 2.57. The first kappa shape index (κ1) is 31.6. The van der Waals surface area contributed by atoms with E-state index in [9.17, 15) is 4.57 Å². The van der Waals surface area contributed by atoms with E-state index in [1.165, 1.54) is 0 Å². The van der Waals surface area contributed by atoms with Gasteiger partial charge in [-0.05, 0) is 34.6 Å². The summed E-state index contributed by atoms with van der Waals surface area (Å²) < 4.78 is 37.0. The van der Waals surface area contributed by atoms with Crippen LogP contribution in [0.4, 0.5) is 0 Å². The van der Waals surface area contributed by atoms with Gasteiger partial charge >= 0.3 is 16.2 Å². The minimum atomic E-state index is -2.77. The number of halogens is 3. The summed E-state index contributed by atoms with van der Waals surface area (Å²) in [4.78, 5) is 0. The van der Waals surface area contributed by atoms with Gasteiger partial charge in [-0.1, -0.05) is 47.8 Å². The molecule has 0 unspecified atom stereocenters. The van der Waals surface area contributed by atoms with E-state index in [0.29, 0.717) is 44.5 Å². The number of alkyl halides is 3. The minimum Gasteiger partial charge on any atom is -0.313 e. The first-order chi connectivity index (χ1) is 11.9. The fraction of sp³-hybridized carbons (Fsp3) is 1.00. The molecule has 0 aliphatic heterocycles. The summed E-state index contributed by atoms with van der Waals surface area (Å²) >= 11 is 9.60. The Hall–Kier alpha value is 1.90. The second kappa shape index (κ2) is 25.9. The lowest BCUT2D eigenvalue weighted by Gasteiger charge is -2.14. The molecule has 0 aliphatic rings. The maximum atomic E-state index is 11.5. The zero-order valence-electron chi connectivity index (χ0n) is 15.8. The molecule has 0 aromatic carbocycles. The van der Waals surface area contributed by atoms with Crippen molar-refractivity contribution in [1.29, 1.82) is 0 Å². The largest absolute Gasteiger partial charge is 0.332 e. The molecule has 0 rings (SSSR count). The second-order valence-electron chi connectivity index (χ2n) is 3.71. The molecule has 0 saturated carbocycles. The quantitative estimate of drug-likeness (QED) is 0.173. The fourth-order valence-electron chi connectivity index (χ4n) is 1.09. The van der Waals surface area contributed by atoms with E-state index in [0.717, 1.165) is 10.7 Å². The van der Waals surface area contributed by atoms with Crippen LogP contribution >= 0.6 is 64.0 Å². The van der Waals surface area contributed by atoms with Gasteiger partial charge in [0.25, 0.3) is 0 Å². The number of hydrogen-bond donors (Lipinski definition) is 0. The molecular formula is C14H33Br3O6P2. The van der Waals surface area contributed by atoms with Crippen molar-refractivity contribution in [1.82, 2.24) is 0 Å². The van der Waals surface area contributed by atoms with Crippen LogP contribution in [0, 0.1) is 0 Å². The van der Waals surface area contributed by atoms with Crippen LogP contribution in [0.3, 0.4) is 0 Å². The van der Waals surface area contributed by atoms with Crippen molar-refractivity contribution in [2.24, 2.45) is 0 Å². The zero-order chi connectivity index (χ0) is 20.0. The highest BCUT2D eigenvalue weighted by Crippen LogP contribution is 2.47. The van der Waals surface area contributed by atoms with Gasteiger partial charge in [0.05, 0.1) is 39.2 Å². The molecule has 6 nitrogen and oxygen atoms in total. The Balaban J connectivity index is -0.000000321. The van der Waals surface area contributed by atoms with Gasteiger partial charge in [-0.25, -0.2) is 0 Å². The molecule has 0 aromatic heterocycles. The van der Waals surface area contributed by atoms with E-state index in [-0.39, 0.29) is 0 Å². The van der Waals surface area contributed by atoms with Crippen molar-refractivity contribution < 1.29 is 27.2 Å². The first-order valence-corrected chi connectivity index (χ1v) is 14.4. The normalized spacial score (nSPS) is 10.8. The van der Waals surface area contributed by atoms with Gasteiger partial charge in [-0.15, -0.1) is 0 Å². The van der Waals surface area contributed by atoms with Gasteiger partial charge < -0.3 is 22.6 Å². The van der Waals surface area contributed by atoms with Crippen molar-refractivity contribution in [2.45, 2.75) is 34.6 Å². The monoisotopic (exact) mass is 596 g/mol. The smallest absolute Gasteiger partial charge is 0.313 e. The summed E-state index contributed by atoms with van der Waals surface area (Å²) in [5, 5.41) is 2.74. The molecule has 0 N–H and O–H groups in total. The standard InChI is InChI=1S/C6H14BrO3P.C6H15O3P.C2H4Br2/c1-3-9-11(8,6-5-7)10-4-2;1-4-7-10(8-5-2)9-6-3;3-1-2-4/h3-6H2,1-2H3;4-6H2,1-3H3;1-2H2. The third-order valence-electron chi connectivity index (χ3n) is 1.78. The third-order valence-corrected chi connectivity index (χ3v) is 8.13. The molecule has 0 saturated heterocycles. The number of hydrogen-bond acceptors (Lipinski definition) is 6. The Morgan fingerprint density at radius 1 is 0.680 bits per heavy atom. The molecular weight excluding hydrogens is 566 g/mol. The molecule has 0 radical (unpaired) electrons. The van der Waals surface area contributed by atoms with Crippen LogP contribution in [0.2, 0.25) is 0 Å². The Kier molecular flexibility index (Phi) is 32.7. The highest BCUT2D eigenvalue weighted by atomic mass is 79.9. The van der Waals surface area contributed by atoms with E-state index < -0.39 is 16.2 Å². The van der Waals surface area contributed by atoms with Crippen molar-refractivity contribution in [3.8, 4) is 0 Å². The van der Waals surface area contributed by atoms with E-state index in [1.807, 2.05) is 20.8 Å². The lowest BCUT2D eigenvalue weighted by molar-refractivity contribution is 0.176. The molecule has 0 heterocycles. The molecule has 0 aliphatic carbocycles. The minimum absolute atomic E-state index is 0.435. The molecule has 0 spiro atoms. The van der Waals surface area contributed by atoms with Gasteiger partial charge in [-0.3, -0.25) is 4.57 Å². The zero-order valence-corrected chi connectivity index (χ0v) is 22.4. The Labute approximate surface area is 180 Å². The summed E-state index contributed by atoms with van der Waals surface area (Å²) in [6.45, 7) is 12.2. The van der Waals surface area contributed by atoms with Gasteiger partial charge in [0.2, 0.25) is 0 Å². The molecule has 25 heavy (non-hydrogen) atoms. The highest BCUT2D eigenvalue weighted by Gasteiger charge is 2.21. The highest BCUT2D eigenvalue weighted by molar-refractivity contribution is 9.12. The maximum absolute atomic E-state index is 11.5. The molecule has 11 heteroatoms. The Morgan fingerprint density at radius 2 is 1.04 bits per heavy atom. The van der Waals surface area contributed by atoms with Crippen LogP contribution < -0.4 is 0 Å². The molecule has 0 fully saturated rings. The van der Waals surface area contributed by atoms with Crippen LogP contribution in [0.1, 0.15) is 34.6 Å². The third kappa shape index (κ3) is 25.9. The van der Waals surface area contributed by atoms with Crippen LogP contribution in [-0.4, -0.2) is 55.2 Å². The van der Waals surface area contributed by atoms with Crippen LogP contribution in [-0.2, 0) is 27.2 Å². The SMILES string of the molecule is BrCCBr.CCOP(=O)(CCBr)OCC.CCOP(OCC)OCC. The van der Waals surface area contributed by atoms with E-state index in [4.69, 9.17) is 22.6 Å². The van der Waals surface area contributed by atoms with E-state index >= 15 is 0 Å². The lowest BCUT2D eigenvalue weighted by Crippen LogP contribution is -2.00. The summed E-state index contributed by atoms with van der Waals surface area (Å²) in [7, 11) is -3.83. The lowest BCUT2D eigenvalue weighted by atomic mass is 10.9. The van der Waals surface area contributed by atoms with Crippen LogP contribution in [0.5, 0.6) is 0 Å². The van der Waals surface area contributed by atoms with E-state index in [2.05, 4.69) is 47.8 Å². The Morgan fingerprint density at radius 3 is 1.24 bits per heavy atom. The van der Waals surface area contributed by atoms with Gasteiger partial charge in [0.15, 0.2) is 0 Å².